The maximum atomic E-state index is 11.9. The van der Waals surface area contributed by atoms with E-state index in [1.807, 2.05) is 0 Å². The lowest BCUT2D eigenvalue weighted by atomic mass is 9.89. The summed E-state index contributed by atoms with van der Waals surface area (Å²) < 4.78 is 159. The standard InChI is InChI=1S/C9H17NO2S.C7H7F6NO4S.C5H5F3O2/c1-13(11,12)10-6-9-5-7-2-3-8(9)4-7;1-4(6(8,9)10)5(15)18-3-2-14-19(16,17)7(11,12)13;1-3(4(9)10-2)5(6,7)8/h7-10H,2-6H2,1H3;14H,1-3H2;1H2,2H3. The minimum Gasteiger partial charge on any atom is -0.465 e. The Morgan fingerprint density at radius 3 is 1.67 bits per heavy atom. The summed E-state index contributed by atoms with van der Waals surface area (Å²) in [4.78, 5) is 20.8. The van der Waals surface area contributed by atoms with Gasteiger partial charge in [0, 0.05) is 13.1 Å². The summed E-state index contributed by atoms with van der Waals surface area (Å²) in [5.74, 6) is -1.03. The topological polar surface area (TPSA) is 145 Å². The van der Waals surface area contributed by atoms with Gasteiger partial charge in [0.05, 0.1) is 13.4 Å². The van der Waals surface area contributed by atoms with Gasteiger partial charge in [0.15, 0.2) is 0 Å². The van der Waals surface area contributed by atoms with Crippen LogP contribution in [-0.2, 0) is 39.1 Å². The maximum Gasteiger partial charge on any atom is 0.511 e. The smallest absolute Gasteiger partial charge is 0.465 e. The number of alkyl halides is 9. The molecule has 42 heavy (non-hydrogen) atoms. The molecule has 0 aromatic rings. The van der Waals surface area contributed by atoms with Crippen molar-refractivity contribution >= 4 is 32.0 Å². The number of esters is 2. The summed E-state index contributed by atoms with van der Waals surface area (Å²) in [6.07, 6.45) is -3.21. The van der Waals surface area contributed by atoms with Gasteiger partial charge in [0.1, 0.15) is 17.8 Å². The second-order valence-electron chi connectivity index (χ2n) is 8.98. The van der Waals surface area contributed by atoms with Crippen molar-refractivity contribution in [1.29, 1.82) is 0 Å². The first kappa shape index (κ1) is 39.6. The van der Waals surface area contributed by atoms with Crippen LogP contribution < -0.4 is 9.44 Å². The summed E-state index contributed by atoms with van der Waals surface area (Å²) in [5, 5.41) is 0. The van der Waals surface area contributed by atoms with Gasteiger partial charge in [-0.1, -0.05) is 19.6 Å². The van der Waals surface area contributed by atoms with E-state index in [1.165, 1.54) is 31.9 Å². The molecule has 0 heterocycles. The molecule has 2 aliphatic rings. The fourth-order valence-corrected chi connectivity index (χ4v) is 4.76. The van der Waals surface area contributed by atoms with Crippen molar-refractivity contribution in [2.24, 2.45) is 17.8 Å². The molecular weight excluding hydrogens is 643 g/mol. The zero-order chi connectivity index (χ0) is 33.3. The Balaban J connectivity index is 0.000000634. The largest absolute Gasteiger partial charge is 0.511 e. The first-order valence-corrected chi connectivity index (χ1v) is 14.9. The lowest BCUT2D eigenvalue weighted by molar-refractivity contribution is -0.151. The predicted molar refractivity (Wildman–Crippen MR) is 128 cm³/mol. The third kappa shape index (κ3) is 14.2. The average molecular weight is 673 g/mol. The number of carbonyl (C=O) groups excluding carboxylic acids is 2. The second kappa shape index (κ2) is 15.4. The van der Waals surface area contributed by atoms with Crippen LogP contribution in [0.1, 0.15) is 25.7 Å². The van der Waals surface area contributed by atoms with Gasteiger partial charge in [0.25, 0.3) is 0 Å². The Morgan fingerprint density at radius 2 is 1.33 bits per heavy atom. The Labute approximate surface area is 235 Å². The molecule has 246 valence electrons. The molecule has 0 aliphatic heterocycles. The van der Waals surface area contributed by atoms with E-state index in [9.17, 15) is 65.9 Å². The van der Waals surface area contributed by atoms with Gasteiger partial charge in [-0.2, -0.15) is 39.5 Å². The quantitative estimate of drug-likeness (QED) is 0.164. The van der Waals surface area contributed by atoms with Crippen LogP contribution in [0, 0.1) is 17.8 Å². The molecule has 2 aliphatic carbocycles. The molecule has 0 radical (unpaired) electrons. The predicted octanol–water partition coefficient (Wildman–Crippen LogP) is 3.34. The van der Waals surface area contributed by atoms with Gasteiger partial charge in [-0.05, 0) is 37.0 Å². The monoisotopic (exact) mass is 672 g/mol. The van der Waals surface area contributed by atoms with E-state index in [1.54, 1.807) is 0 Å². The number of fused-ring (bicyclic) bond motifs is 2. The van der Waals surface area contributed by atoms with Crippen molar-refractivity contribution in [3.63, 3.8) is 0 Å². The molecule has 2 rings (SSSR count). The van der Waals surface area contributed by atoms with Gasteiger partial charge in [-0.15, -0.1) is 0 Å². The van der Waals surface area contributed by atoms with Crippen molar-refractivity contribution in [3.05, 3.63) is 24.3 Å². The van der Waals surface area contributed by atoms with Crippen LogP contribution in [0.3, 0.4) is 0 Å². The molecule has 0 saturated heterocycles. The molecule has 2 saturated carbocycles. The van der Waals surface area contributed by atoms with Crippen LogP contribution in [0.25, 0.3) is 0 Å². The number of halogens is 9. The van der Waals surface area contributed by atoms with E-state index >= 15 is 0 Å². The number of hydrogen-bond donors (Lipinski definition) is 2. The fraction of sp³-hybridized carbons (Fsp3) is 0.714. The molecule has 0 amide bonds. The minimum atomic E-state index is -5.63. The van der Waals surface area contributed by atoms with Gasteiger partial charge in [-0.25, -0.2) is 35.9 Å². The molecule has 10 nitrogen and oxygen atoms in total. The number of methoxy groups -OCH3 is 1. The van der Waals surface area contributed by atoms with Crippen molar-refractivity contribution in [2.75, 3.05) is 33.1 Å². The van der Waals surface area contributed by atoms with Crippen LogP contribution in [0.15, 0.2) is 24.3 Å². The zero-order valence-electron chi connectivity index (χ0n) is 22.1. The average Bonchev–Trinajstić information content (AvgIpc) is 3.46. The minimum absolute atomic E-state index is 0.619. The van der Waals surface area contributed by atoms with E-state index in [-0.39, 0.29) is 0 Å². The lowest BCUT2D eigenvalue weighted by Crippen LogP contribution is -2.38. The molecule has 2 fully saturated rings. The number of nitrogens with one attached hydrogen (secondary N) is 2. The van der Waals surface area contributed by atoms with Crippen LogP contribution in [0.4, 0.5) is 39.5 Å². The van der Waals surface area contributed by atoms with Gasteiger partial charge >= 0.3 is 39.8 Å². The van der Waals surface area contributed by atoms with Crippen molar-refractivity contribution < 1.29 is 75.4 Å². The highest BCUT2D eigenvalue weighted by atomic mass is 32.2. The molecule has 21 heteroatoms. The van der Waals surface area contributed by atoms with Crippen molar-refractivity contribution in [2.45, 2.75) is 43.5 Å². The van der Waals surface area contributed by atoms with E-state index in [4.69, 9.17) is 0 Å². The third-order valence-corrected chi connectivity index (χ3v) is 7.67. The lowest BCUT2D eigenvalue weighted by Gasteiger charge is -2.21. The number of hydrogen-bond acceptors (Lipinski definition) is 8. The number of carbonyl (C=O) groups is 2. The van der Waals surface area contributed by atoms with E-state index in [0.29, 0.717) is 12.5 Å². The summed E-state index contributed by atoms with van der Waals surface area (Å²) in [6, 6.07) is 0. The molecule has 0 spiro atoms. The Morgan fingerprint density at radius 1 is 0.833 bits per heavy atom. The Bertz CT molecular complexity index is 1180. The molecule has 0 aromatic heterocycles. The number of sulfonamides is 2. The summed E-state index contributed by atoms with van der Waals surface area (Å²) in [6.45, 7) is 3.50. The molecule has 0 aromatic carbocycles. The molecule has 3 unspecified atom stereocenters. The molecule has 2 bridgehead atoms. The van der Waals surface area contributed by atoms with Gasteiger partial charge in [0.2, 0.25) is 10.0 Å². The first-order valence-electron chi connectivity index (χ1n) is 11.5. The Hall–Kier alpha value is -2.39. The van der Waals surface area contributed by atoms with E-state index in [2.05, 4.69) is 27.4 Å². The molecule has 3 atom stereocenters. The first-order chi connectivity index (χ1) is 18.7. The highest BCUT2D eigenvalue weighted by Gasteiger charge is 2.45. The Kier molecular flexibility index (Phi) is 14.5. The highest BCUT2D eigenvalue weighted by Crippen LogP contribution is 2.47. The fourth-order valence-electron chi connectivity index (χ4n) is 3.73. The van der Waals surface area contributed by atoms with Crippen molar-refractivity contribution in [1.82, 2.24) is 9.44 Å². The van der Waals surface area contributed by atoms with Crippen LogP contribution in [-0.4, -0.2) is 79.7 Å². The van der Waals surface area contributed by atoms with E-state index in [0.717, 1.165) is 23.7 Å². The molecular formula is C21H29F9N2O8S2. The van der Waals surface area contributed by atoms with Gasteiger partial charge < -0.3 is 9.47 Å². The van der Waals surface area contributed by atoms with Crippen LogP contribution in [0.5, 0.6) is 0 Å². The summed E-state index contributed by atoms with van der Waals surface area (Å²) >= 11 is 0. The SMILES string of the molecule is C=C(C(=O)OC)C(F)(F)F.C=C(C(=O)OCCNS(=O)(=O)C(F)(F)F)C(F)(F)F.CS(=O)(=O)NCC1CC2CCC1C2. The van der Waals surface area contributed by atoms with Crippen LogP contribution >= 0.6 is 0 Å². The summed E-state index contributed by atoms with van der Waals surface area (Å²) in [5.41, 5.74) is -8.91. The summed E-state index contributed by atoms with van der Waals surface area (Å²) in [7, 11) is -7.75. The van der Waals surface area contributed by atoms with Crippen LogP contribution in [0.2, 0.25) is 0 Å². The van der Waals surface area contributed by atoms with E-state index < -0.39 is 74.1 Å². The number of ether oxygens (including phenoxy) is 2. The second-order valence-corrected chi connectivity index (χ2v) is 12.6. The van der Waals surface area contributed by atoms with Gasteiger partial charge in [-0.3, -0.25) is 0 Å². The van der Waals surface area contributed by atoms with Crippen molar-refractivity contribution in [3.8, 4) is 0 Å². The highest BCUT2D eigenvalue weighted by molar-refractivity contribution is 7.90. The molecule has 2 N–H and O–H groups in total. The normalized spacial score (nSPS) is 20.4. The number of rotatable bonds is 9. The third-order valence-electron chi connectivity index (χ3n) is 5.79. The zero-order valence-corrected chi connectivity index (χ0v) is 23.7. The maximum absolute atomic E-state index is 11.9.